The number of benzene rings is 1. The highest BCUT2D eigenvalue weighted by atomic mass is 16.5. The van der Waals surface area contributed by atoms with Gasteiger partial charge >= 0.3 is 11.9 Å². The van der Waals surface area contributed by atoms with Crippen molar-refractivity contribution in [3.63, 3.8) is 0 Å². The van der Waals surface area contributed by atoms with Crippen LogP contribution in [0.25, 0.3) is 0 Å². The molecule has 0 amide bonds. The average molecular weight is 254 g/mol. The molecule has 0 bridgehead atoms. The van der Waals surface area contributed by atoms with Crippen LogP contribution in [-0.4, -0.2) is 35.9 Å². The molecule has 1 aromatic carbocycles. The molecule has 0 saturated heterocycles. The molecule has 0 radical (unpaired) electrons. The Kier molecular flexibility index (Phi) is 4.14. The molecular formula is C12H14O6. The zero-order valence-corrected chi connectivity index (χ0v) is 10.3. The molecule has 2 N–H and O–H groups in total. The van der Waals surface area contributed by atoms with E-state index in [0.717, 1.165) is 0 Å². The SMILES string of the molecule is CCOc1cc(C(=O)O)c(C)c(C(=O)O)c1OC. The summed E-state index contributed by atoms with van der Waals surface area (Å²) in [6, 6.07) is 1.27. The van der Waals surface area contributed by atoms with Gasteiger partial charge in [-0.15, -0.1) is 0 Å². The molecule has 6 nitrogen and oxygen atoms in total. The van der Waals surface area contributed by atoms with E-state index in [2.05, 4.69) is 0 Å². The van der Waals surface area contributed by atoms with Crippen LogP contribution in [0.1, 0.15) is 33.2 Å². The second kappa shape index (κ2) is 5.39. The number of hydrogen-bond acceptors (Lipinski definition) is 4. The second-order valence-electron chi connectivity index (χ2n) is 3.50. The minimum Gasteiger partial charge on any atom is -0.492 e. The monoisotopic (exact) mass is 254 g/mol. The first kappa shape index (κ1) is 13.8. The molecule has 0 heterocycles. The summed E-state index contributed by atoms with van der Waals surface area (Å²) < 4.78 is 10.2. The number of rotatable bonds is 5. The maximum absolute atomic E-state index is 11.2. The second-order valence-corrected chi connectivity index (χ2v) is 3.50. The fourth-order valence-electron chi connectivity index (χ4n) is 1.68. The Hall–Kier alpha value is -2.24. The third-order valence-corrected chi connectivity index (χ3v) is 2.45. The lowest BCUT2D eigenvalue weighted by Crippen LogP contribution is -2.11. The summed E-state index contributed by atoms with van der Waals surface area (Å²) in [4.78, 5) is 22.3. The van der Waals surface area contributed by atoms with Gasteiger partial charge in [-0.1, -0.05) is 0 Å². The first-order chi connectivity index (χ1) is 8.43. The van der Waals surface area contributed by atoms with Crippen molar-refractivity contribution in [2.75, 3.05) is 13.7 Å². The number of aromatic carboxylic acids is 2. The van der Waals surface area contributed by atoms with Crippen LogP contribution in [0.4, 0.5) is 0 Å². The van der Waals surface area contributed by atoms with Crippen molar-refractivity contribution >= 4 is 11.9 Å². The number of carbonyl (C=O) groups is 2. The lowest BCUT2D eigenvalue weighted by Gasteiger charge is -2.15. The fourth-order valence-corrected chi connectivity index (χ4v) is 1.68. The maximum Gasteiger partial charge on any atom is 0.339 e. The summed E-state index contributed by atoms with van der Waals surface area (Å²) in [5.74, 6) is -2.32. The lowest BCUT2D eigenvalue weighted by atomic mass is 10.0. The van der Waals surface area contributed by atoms with Crippen LogP contribution in [0.3, 0.4) is 0 Å². The highest BCUT2D eigenvalue weighted by Crippen LogP contribution is 2.36. The van der Waals surface area contributed by atoms with Gasteiger partial charge in [-0.3, -0.25) is 0 Å². The number of methoxy groups -OCH3 is 1. The summed E-state index contributed by atoms with van der Waals surface area (Å²) in [6.07, 6.45) is 0. The van der Waals surface area contributed by atoms with E-state index < -0.39 is 11.9 Å². The molecule has 0 aliphatic heterocycles. The molecule has 0 aromatic heterocycles. The highest BCUT2D eigenvalue weighted by molar-refractivity contribution is 5.99. The van der Waals surface area contributed by atoms with Crippen molar-refractivity contribution in [1.82, 2.24) is 0 Å². The number of hydrogen-bond donors (Lipinski definition) is 2. The minimum atomic E-state index is -1.26. The molecule has 1 aromatic rings. The quantitative estimate of drug-likeness (QED) is 0.832. The summed E-state index contributed by atoms with van der Waals surface area (Å²) in [5.41, 5.74) is -0.173. The lowest BCUT2D eigenvalue weighted by molar-refractivity contribution is 0.0691. The van der Waals surface area contributed by atoms with Crippen LogP contribution in [-0.2, 0) is 0 Å². The highest BCUT2D eigenvalue weighted by Gasteiger charge is 2.24. The van der Waals surface area contributed by atoms with Crippen LogP contribution >= 0.6 is 0 Å². The molecule has 0 aliphatic carbocycles. The molecule has 1 rings (SSSR count). The Morgan fingerprint density at radius 1 is 1.28 bits per heavy atom. The zero-order chi connectivity index (χ0) is 13.9. The van der Waals surface area contributed by atoms with E-state index in [0.29, 0.717) is 0 Å². The van der Waals surface area contributed by atoms with Crippen molar-refractivity contribution in [3.05, 3.63) is 22.8 Å². The van der Waals surface area contributed by atoms with Crippen LogP contribution in [0.5, 0.6) is 11.5 Å². The first-order valence-electron chi connectivity index (χ1n) is 5.25. The van der Waals surface area contributed by atoms with Gasteiger partial charge in [0.05, 0.1) is 19.3 Å². The zero-order valence-electron chi connectivity index (χ0n) is 10.3. The summed E-state index contributed by atoms with van der Waals surface area (Å²) in [7, 11) is 1.31. The summed E-state index contributed by atoms with van der Waals surface area (Å²) in [6.45, 7) is 3.41. The average Bonchev–Trinajstić information content (AvgIpc) is 2.29. The first-order valence-corrected chi connectivity index (χ1v) is 5.25. The molecule has 18 heavy (non-hydrogen) atoms. The third kappa shape index (κ3) is 2.37. The van der Waals surface area contributed by atoms with Gasteiger partial charge in [0.15, 0.2) is 11.5 Å². The van der Waals surface area contributed by atoms with E-state index in [-0.39, 0.29) is 34.8 Å². The Balaban J connectivity index is 3.63. The van der Waals surface area contributed by atoms with Gasteiger partial charge in [0.1, 0.15) is 5.56 Å². The van der Waals surface area contributed by atoms with Crippen molar-refractivity contribution in [1.29, 1.82) is 0 Å². The minimum absolute atomic E-state index is 0.0341. The number of carboxylic acid groups (broad SMARTS) is 2. The van der Waals surface area contributed by atoms with E-state index in [1.807, 2.05) is 0 Å². The Morgan fingerprint density at radius 3 is 2.28 bits per heavy atom. The maximum atomic E-state index is 11.2. The normalized spacial score (nSPS) is 9.94. The Bertz CT molecular complexity index is 492. The molecule has 0 fully saturated rings. The summed E-state index contributed by atoms with van der Waals surface area (Å²) >= 11 is 0. The van der Waals surface area contributed by atoms with E-state index in [1.54, 1.807) is 6.92 Å². The van der Waals surface area contributed by atoms with Crippen molar-refractivity contribution in [3.8, 4) is 11.5 Å². The summed E-state index contributed by atoms with van der Waals surface area (Å²) in [5, 5.41) is 18.2. The topological polar surface area (TPSA) is 93.1 Å². The molecule has 0 saturated carbocycles. The Morgan fingerprint density at radius 2 is 1.89 bits per heavy atom. The molecule has 0 atom stereocenters. The smallest absolute Gasteiger partial charge is 0.339 e. The van der Waals surface area contributed by atoms with Gasteiger partial charge in [-0.25, -0.2) is 9.59 Å². The molecular weight excluding hydrogens is 240 g/mol. The van der Waals surface area contributed by atoms with Gasteiger partial charge in [-0.05, 0) is 25.5 Å². The standard InChI is InChI=1S/C12H14O6/c1-4-18-8-5-7(11(13)14)6(2)9(12(15)16)10(8)17-3/h5H,4H2,1-3H3,(H,13,14)(H,15,16). The van der Waals surface area contributed by atoms with Crippen LogP contribution in [0.15, 0.2) is 6.07 Å². The van der Waals surface area contributed by atoms with E-state index in [4.69, 9.17) is 19.7 Å². The van der Waals surface area contributed by atoms with Crippen molar-refractivity contribution in [2.24, 2.45) is 0 Å². The molecule has 0 spiro atoms. The van der Waals surface area contributed by atoms with Gasteiger partial charge in [0.25, 0.3) is 0 Å². The molecule has 98 valence electrons. The van der Waals surface area contributed by atoms with Crippen LogP contribution in [0.2, 0.25) is 0 Å². The third-order valence-electron chi connectivity index (χ3n) is 2.45. The largest absolute Gasteiger partial charge is 0.492 e. The van der Waals surface area contributed by atoms with Crippen LogP contribution < -0.4 is 9.47 Å². The number of carboxylic acids is 2. The van der Waals surface area contributed by atoms with E-state index in [9.17, 15) is 9.59 Å². The fraction of sp³-hybridized carbons (Fsp3) is 0.333. The number of ether oxygens (including phenoxy) is 2. The predicted molar refractivity (Wildman–Crippen MR) is 62.8 cm³/mol. The van der Waals surface area contributed by atoms with Gasteiger partial charge in [0.2, 0.25) is 0 Å². The van der Waals surface area contributed by atoms with Crippen LogP contribution in [0, 0.1) is 6.92 Å². The molecule has 0 aliphatic rings. The molecule has 0 unspecified atom stereocenters. The van der Waals surface area contributed by atoms with E-state index >= 15 is 0 Å². The van der Waals surface area contributed by atoms with Gasteiger partial charge < -0.3 is 19.7 Å². The Labute approximate surface area is 104 Å². The van der Waals surface area contributed by atoms with Gasteiger partial charge in [0, 0.05) is 0 Å². The van der Waals surface area contributed by atoms with Crippen molar-refractivity contribution in [2.45, 2.75) is 13.8 Å². The predicted octanol–water partition coefficient (Wildman–Crippen LogP) is 1.80. The van der Waals surface area contributed by atoms with E-state index in [1.165, 1.54) is 20.1 Å². The molecule has 6 heteroatoms. The van der Waals surface area contributed by atoms with Gasteiger partial charge in [-0.2, -0.15) is 0 Å². The van der Waals surface area contributed by atoms with Crippen molar-refractivity contribution < 1.29 is 29.3 Å².